The van der Waals surface area contributed by atoms with Crippen LogP contribution in [0.2, 0.25) is 0 Å². The van der Waals surface area contributed by atoms with Crippen LogP contribution in [0.4, 0.5) is 5.69 Å². The minimum atomic E-state index is -0.0800. The largest absolute Gasteiger partial charge is 0.384 e. The normalized spacial score (nSPS) is 18.5. The second-order valence-corrected chi connectivity index (χ2v) is 3.89. The van der Waals surface area contributed by atoms with E-state index >= 15 is 0 Å². The summed E-state index contributed by atoms with van der Waals surface area (Å²) in [5.74, 6) is -0.0407. The van der Waals surface area contributed by atoms with Gasteiger partial charge >= 0.3 is 0 Å². The molecule has 1 heterocycles. The van der Waals surface area contributed by atoms with Crippen molar-refractivity contribution in [2.75, 3.05) is 26.0 Å². The molecular weight excluding hydrogens is 190 g/mol. The lowest BCUT2D eigenvalue weighted by Crippen LogP contribution is -2.39. The van der Waals surface area contributed by atoms with Gasteiger partial charge in [0.25, 0.3) is 0 Å². The summed E-state index contributed by atoms with van der Waals surface area (Å²) in [4.78, 5) is 11.8. The molecule has 1 unspecified atom stereocenters. The van der Waals surface area contributed by atoms with Gasteiger partial charge in [-0.3, -0.25) is 10.2 Å². The average molecular weight is 205 g/mol. The van der Waals surface area contributed by atoms with E-state index < -0.39 is 0 Å². The van der Waals surface area contributed by atoms with Crippen LogP contribution in [-0.4, -0.2) is 31.6 Å². The van der Waals surface area contributed by atoms with Crippen molar-refractivity contribution in [1.29, 1.82) is 0 Å². The molecule has 0 fully saturated rings. The van der Waals surface area contributed by atoms with Crippen molar-refractivity contribution in [3.8, 4) is 0 Å². The smallest absolute Gasteiger partial charge is 0.243 e. The topological polar surface area (TPSA) is 44.4 Å². The third-order valence-electron chi connectivity index (χ3n) is 2.48. The maximum Gasteiger partial charge on any atom is 0.243 e. The zero-order valence-corrected chi connectivity index (χ0v) is 8.95. The lowest BCUT2D eigenvalue weighted by Gasteiger charge is -2.15. The Morgan fingerprint density at radius 1 is 1.47 bits per heavy atom. The zero-order valence-electron chi connectivity index (χ0n) is 8.95. The van der Waals surface area contributed by atoms with Crippen LogP contribution in [0.25, 0.3) is 0 Å². The summed E-state index contributed by atoms with van der Waals surface area (Å²) in [6.07, 6.45) is 0. The third-order valence-corrected chi connectivity index (χ3v) is 2.48. The molecule has 0 bridgehead atoms. The number of hydrogen-bond acceptors (Lipinski definition) is 3. The van der Waals surface area contributed by atoms with E-state index in [1.54, 1.807) is 5.01 Å². The summed E-state index contributed by atoms with van der Waals surface area (Å²) in [6, 6.07) is 7.92. The molecule has 1 atom stereocenters. The lowest BCUT2D eigenvalue weighted by atomic mass is 10.0. The summed E-state index contributed by atoms with van der Waals surface area (Å²) in [7, 11) is 3.62. The van der Waals surface area contributed by atoms with E-state index in [1.165, 1.54) is 0 Å². The maximum atomic E-state index is 11.8. The molecule has 80 valence electrons. The van der Waals surface area contributed by atoms with Crippen LogP contribution in [0.15, 0.2) is 24.3 Å². The fraction of sp³-hybridized carbons (Fsp3) is 0.364. The first-order valence-electron chi connectivity index (χ1n) is 4.99. The Balaban J connectivity index is 2.17. The van der Waals surface area contributed by atoms with Crippen LogP contribution in [0, 0.1) is 0 Å². The van der Waals surface area contributed by atoms with Crippen molar-refractivity contribution in [2.24, 2.45) is 0 Å². The molecule has 0 aliphatic carbocycles. The molecule has 1 amide bonds. The molecule has 0 saturated carbocycles. The van der Waals surface area contributed by atoms with Crippen LogP contribution in [0.5, 0.6) is 0 Å². The van der Waals surface area contributed by atoms with E-state index in [4.69, 9.17) is 0 Å². The number of carbonyl (C=O) groups excluding carboxylic acids is 1. The standard InChI is InChI=1S/C11H15N3O/c1-14(2)13-11(15)9-7-12-10-6-4-3-5-8(9)10/h3-6,9,12H,7H2,1-2H3,(H,13,15). The molecule has 1 aromatic carbocycles. The number of amides is 1. The molecule has 0 aromatic heterocycles. The van der Waals surface area contributed by atoms with Gasteiger partial charge in [-0.25, -0.2) is 5.01 Å². The fourth-order valence-corrected chi connectivity index (χ4v) is 1.82. The number of hydrogen-bond donors (Lipinski definition) is 2. The predicted octanol–water partition coefficient (Wildman–Crippen LogP) is 0.788. The highest BCUT2D eigenvalue weighted by molar-refractivity contribution is 5.87. The highest BCUT2D eigenvalue weighted by Gasteiger charge is 2.28. The second kappa shape index (κ2) is 3.90. The first kappa shape index (κ1) is 9.98. The van der Waals surface area contributed by atoms with Gasteiger partial charge in [-0.15, -0.1) is 0 Å². The maximum absolute atomic E-state index is 11.8. The van der Waals surface area contributed by atoms with E-state index in [2.05, 4.69) is 10.7 Å². The fourth-order valence-electron chi connectivity index (χ4n) is 1.82. The van der Waals surface area contributed by atoms with E-state index in [9.17, 15) is 4.79 Å². The molecule has 0 radical (unpaired) electrons. The summed E-state index contributed by atoms with van der Waals surface area (Å²) in [5, 5.41) is 4.89. The summed E-state index contributed by atoms with van der Waals surface area (Å²) < 4.78 is 0. The predicted molar refractivity (Wildman–Crippen MR) is 59.5 cm³/mol. The van der Waals surface area contributed by atoms with Crippen LogP contribution >= 0.6 is 0 Å². The van der Waals surface area contributed by atoms with Crippen LogP contribution < -0.4 is 10.7 Å². The summed E-state index contributed by atoms with van der Waals surface area (Å²) in [6.45, 7) is 0.680. The van der Waals surface area contributed by atoms with E-state index in [0.717, 1.165) is 11.3 Å². The molecule has 0 saturated heterocycles. The number of fused-ring (bicyclic) bond motifs is 1. The molecule has 2 rings (SSSR count). The SMILES string of the molecule is CN(C)NC(=O)C1CNc2ccccc21. The highest BCUT2D eigenvalue weighted by Crippen LogP contribution is 2.30. The van der Waals surface area contributed by atoms with Gasteiger partial charge in [0.2, 0.25) is 5.91 Å². The molecule has 15 heavy (non-hydrogen) atoms. The zero-order chi connectivity index (χ0) is 10.8. The Morgan fingerprint density at radius 3 is 2.93 bits per heavy atom. The van der Waals surface area contributed by atoms with Crippen molar-refractivity contribution < 1.29 is 4.79 Å². The molecule has 4 nitrogen and oxygen atoms in total. The van der Waals surface area contributed by atoms with E-state index in [0.29, 0.717) is 6.54 Å². The Morgan fingerprint density at radius 2 is 2.20 bits per heavy atom. The number of carbonyl (C=O) groups is 1. The monoisotopic (exact) mass is 205 g/mol. The number of rotatable bonds is 2. The van der Waals surface area contributed by atoms with Crippen molar-refractivity contribution in [2.45, 2.75) is 5.92 Å². The molecule has 2 N–H and O–H groups in total. The molecule has 1 aliphatic rings. The second-order valence-electron chi connectivity index (χ2n) is 3.89. The van der Waals surface area contributed by atoms with Crippen LogP contribution in [0.3, 0.4) is 0 Å². The van der Waals surface area contributed by atoms with Gasteiger partial charge in [0.15, 0.2) is 0 Å². The molecule has 0 spiro atoms. The number of anilines is 1. The van der Waals surface area contributed by atoms with Gasteiger partial charge in [-0.1, -0.05) is 18.2 Å². The van der Waals surface area contributed by atoms with Gasteiger partial charge in [-0.05, 0) is 11.6 Å². The van der Waals surface area contributed by atoms with Gasteiger partial charge < -0.3 is 5.32 Å². The molecule has 1 aromatic rings. The molecular formula is C11H15N3O. The van der Waals surface area contributed by atoms with Crippen molar-refractivity contribution in [3.05, 3.63) is 29.8 Å². The van der Waals surface area contributed by atoms with Gasteiger partial charge in [0, 0.05) is 26.3 Å². The Labute approximate surface area is 89.2 Å². The number of hydrazine groups is 1. The molecule has 1 aliphatic heterocycles. The Hall–Kier alpha value is -1.55. The lowest BCUT2D eigenvalue weighted by molar-refractivity contribution is -0.125. The van der Waals surface area contributed by atoms with E-state index in [1.807, 2.05) is 38.4 Å². The number of nitrogens with one attached hydrogen (secondary N) is 2. The first-order chi connectivity index (χ1) is 7.18. The third kappa shape index (κ3) is 1.94. The van der Waals surface area contributed by atoms with Gasteiger partial charge in [0.05, 0.1) is 5.92 Å². The number of para-hydroxylation sites is 1. The Bertz CT molecular complexity index is 376. The van der Waals surface area contributed by atoms with Gasteiger partial charge in [-0.2, -0.15) is 0 Å². The summed E-state index contributed by atoms with van der Waals surface area (Å²) in [5.41, 5.74) is 4.93. The Kier molecular flexibility index (Phi) is 2.60. The first-order valence-corrected chi connectivity index (χ1v) is 4.99. The van der Waals surface area contributed by atoms with Crippen molar-refractivity contribution in [3.63, 3.8) is 0 Å². The quantitative estimate of drug-likeness (QED) is 0.702. The number of nitrogens with zero attached hydrogens (tertiary/aromatic N) is 1. The molecule has 4 heteroatoms. The average Bonchev–Trinajstić information content (AvgIpc) is 2.59. The summed E-state index contributed by atoms with van der Waals surface area (Å²) >= 11 is 0. The highest BCUT2D eigenvalue weighted by atomic mass is 16.2. The van der Waals surface area contributed by atoms with Crippen LogP contribution in [-0.2, 0) is 4.79 Å². The number of benzene rings is 1. The minimum absolute atomic E-state index is 0.0393. The minimum Gasteiger partial charge on any atom is -0.384 e. The van der Waals surface area contributed by atoms with Crippen molar-refractivity contribution >= 4 is 11.6 Å². The van der Waals surface area contributed by atoms with Crippen LogP contribution in [0.1, 0.15) is 11.5 Å². The van der Waals surface area contributed by atoms with E-state index in [-0.39, 0.29) is 11.8 Å². The van der Waals surface area contributed by atoms with Gasteiger partial charge in [0.1, 0.15) is 0 Å². The van der Waals surface area contributed by atoms with Crippen molar-refractivity contribution in [1.82, 2.24) is 10.4 Å².